The summed E-state index contributed by atoms with van der Waals surface area (Å²) in [5.74, 6) is -0.333. The van der Waals surface area contributed by atoms with Gasteiger partial charge in [-0.15, -0.1) is 0 Å². The van der Waals surface area contributed by atoms with Gasteiger partial charge < -0.3 is 10.5 Å². The number of rotatable bonds is 3. The van der Waals surface area contributed by atoms with Crippen LogP contribution in [-0.4, -0.2) is 13.7 Å². The van der Waals surface area contributed by atoms with Crippen molar-refractivity contribution < 1.29 is 17.9 Å². The number of hydrogen-bond donors (Lipinski definition) is 1. The number of halogens is 4. The molecule has 0 aliphatic heterocycles. The highest BCUT2D eigenvalue weighted by Gasteiger charge is 2.45. The Morgan fingerprint density at radius 3 is 2.39 bits per heavy atom. The first-order valence-corrected chi connectivity index (χ1v) is 5.87. The Hall–Kier alpha value is -0.940. The van der Waals surface area contributed by atoms with Gasteiger partial charge in [0.05, 0.1) is 17.7 Å². The minimum atomic E-state index is -4.49. The van der Waals surface area contributed by atoms with Crippen molar-refractivity contribution in [2.75, 3.05) is 13.7 Å². The van der Waals surface area contributed by atoms with Gasteiger partial charge in [-0.05, 0) is 30.5 Å². The average Bonchev–Trinajstić information content (AvgIpc) is 3.07. The normalized spacial score (nSPS) is 17.7. The Morgan fingerprint density at radius 1 is 1.39 bits per heavy atom. The second-order valence-electron chi connectivity index (χ2n) is 4.52. The molecule has 0 aromatic heterocycles. The summed E-state index contributed by atoms with van der Waals surface area (Å²) in [6.45, 7) is 0.326. The molecule has 0 saturated heterocycles. The molecule has 2 nitrogen and oxygen atoms in total. The molecule has 0 heterocycles. The standard InChI is InChI=1S/C12H13ClF3NO/c1-18-10-8(12(14,15)16)4-7(5-9(10)13)11(6-17)2-3-11/h4-5H,2-3,6,17H2,1H3. The van der Waals surface area contributed by atoms with Crippen molar-refractivity contribution in [2.24, 2.45) is 5.73 Å². The Labute approximate surface area is 108 Å². The van der Waals surface area contributed by atoms with Gasteiger partial charge in [0, 0.05) is 12.0 Å². The molecule has 0 atom stereocenters. The number of benzene rings is 1. The van der Waals surface area contributed by atoms with E-state index in [1.807, 2.05) is 0 Å². The number of hydrogen-bond acceptors (Lipinski definition) is 2. The summed E-state index contributed by atoms with van der Waals surface area (Å²) in [6, 6.07) is 2.63. The summed E-state index contributed by atoms with van der Waals surface area (Å²) in [5, 5.41) is -0.0259. The predicted molar refractivity (Wildman–Crippen MR) is 63.0 cm³/mol. The molecular weight excluding hydrogens is 267 g/mol. The van der Waals surface area contributed by atoms with Crippen LogP contribution in [0.3, 0.4) is 0 Å². The summed E-state index contributed by atoms with van der Waals surface area (Å²) in [5.41, 5.74) is 4.99. The molecule has 0 radical (unpaired) electrons. The lowest BCUT2D eigenvalue weighted by molar-refractivity contribution is -0.138. The molecule has 0 unspecified atom stereocenters. The van der Waals surface area contributed by atoms with Crippen molar-refractivity contribution in [3.63, 3.8) is 0 Å². The van der Waals surface area contributed by atoms with Crippen molar-refractivity contribution in [2.45, 2.75) is 24.4 Å². The second-order valence-corrected chi connectivity index (χ2v) is 4.93. The molecule has 1 aromatic carbocycles. The predicted octanol–water partition coefficient (Wildman–Crippen LogP) is 3.36. The molecule has 0 amide bonds. The van der Waals surface area contributed by atoms with E-state index in [2.05, 4.69) is 0 Å². The number of methoxy groups -OCH3 is 1. The summed E-state index contributed by atoms with van der Waals surface area (Å²) in [6.07, 6.45) is -2.90. The molecule has 0 bridgehead atoms. The highest BCUT2D eigenvalue weighted by Crippen LogP contribution is 2.51. The maximum absolute atomic E-state index is 12.9. The Kier molecular flexibility index (Phi) is 3.23. The molecule has 2 rings (SSSR count). The molecule has 18 heavy (non-hydrogen) atoms. The first-order valence-electron chi connectivity index (χ1n) is 5.49. The topological polar surface area (TPSA) is 35.2 Å². The zero-order valence-corrected chi connectivity index (χ0v) is 10.5. The maximum Gasteiger partial charge on any atom is 0.420 e. The molecule has 0 spiro atoms. The lowest BCUT2D eigenvalue weighted by Gasteiger charge is -2.19. The Morgan fingerprint density at radius 2 is 2.00 bits per heavy atom. The fourth-order valence-electron chi connectivity index (χ4n) is 2.08. The van der Waals surface area contributed by atoms with Crippen molar-refractivity contribution >= 4 is 11.6 Å². The minimum Gasteiger partial charge on any atom is -0.495 e. The monoisotopic (exact) mass is 279 g/mol. The van der Waals surface area contributed by atoms with Gasteiger partial charge in [0.25, 0.3) is 0 Å². The van der Waals surface area contributed by atoms with Crippen molar-refractivity contribution in [3.8, 4) is 5.75 Å². The van der Waals surface area contributed by atoms with Crippen molar-refractivity contribution in [3.05, 3.63) is 28.3 Å². The summed E-state index contributed by atoms with van der Waals surface area (Å²) < 4.78 is 43.6. The second kappa shape index (κ2) is 4.31. The van der Waals surface area contributed by atoms with Gasteiger partial charge >= 0.3 is 6.18 Å². The van der Waals surface area contributed by atoms with E-state index < -0.39 is 11.7 Å². The largest absolute Gasteiger partial charge is 0.495 e. The van der Waals surface area contributed by atoms with E-state index in [1.54, 1.807) is 0 Å². The molecule has 6 heteroatoms. The van der Waals surface area contributed by atoms with Crippen LogP contribution in [-0.2, 0) is 11.6 Å². The maximum atomic E-state index is 12.9. The first-order chi connectivity index (χ1) is 8.34. The Bertz CT molecular complexity index is 469. The molecule has 1 fully saturated rings. The van der Waals surface area contributed by atoms with Gasteiger partial charge in [-0.1, -0.05) is 11.6 Å². The molecule has 1 saturated carbocycles. The van der Waals surface area contributed by atoms with Gasteiger partial charge in [0.15, 0.2) is 0 Å². The third kappa shape index (κ3) is 2.17. The van der Waals surface area contributed by atoms with Crippen LogP contribution in [0.25, 0.3) is 0 Å². The number of ether oxygens (including phenoxy) is 1. The quantitative estimate of drug-likeness (QED) is 0.921. The van der Waals surface area contributed by atoms with E-state index in [0.29, 0.717) is 12.1 Å². The minimum absolute atomic E-state index is 0.0259. The van der Waals surface area contributed by atoms with E-state index in [-0.39, 0.29) is 16.2 Å². The summed E-state index contributed by atoms with van der Waals surface area (Å²) >= 11 is 5.87. The van der Waals surface area contributed by atoms with Crippen LogP contribution in [0.15, 0.2) is 12.1 Å². The van der Waals surface area contributed by atoms with Crippen LogP contribution in [0, 0.1) is 0 Å². The summed E-state index contributed by atoms with van der Waals surface area (Å²) in [4.78, 5) is 0. The molecule has 2 N–H and O–H groups in total. The van der Waals surface area contributed by atoms with Crippen LogP contribution in [0.5, 0.6) is 5.75 Å². The third-order valence-corrected chi connectivity index (χ3v) is 3.69. The van der Waals surface area contributed by atoms with Gasteiger partial charge in [-0.2, -0.15) is 13.2 Å². The smallest absolute Gasteiger partial charge is 0.420 e. The van der Waals surface area contributed by atoms with E-state index in [0.717, 1.165) is 18.9 Å². The van der Waals surface area contributed by atoms with Gasteiger partial charge in [-0.25, -0.2) is 0 Å². The molecule has 100 valence electrons. The highest BCUT2D eigenvalue weighted by atomic mass is 35.5. The fourth-order valence-corrected chi connectivity index (χ4v) is 2.38. The SMILES string of the molecule is COc1c(Cl)cc(C2(CN)CC2)cc1C(F)(F)F. The molecule has 1 aliphatic carbocycles. The van der Waals surface area contributed by atoms with E-state index >= 15 is 0 Å². The van der Waals surface area contributed by atoms with E-state index in [4.69, 9.17) is 22.1 Å². The van der Waals surface area contributed by atoms with E-state index in [9.17, 15) is 13.2 Å². The number of nitrogens with two attached hydrogens (primary N) is 1. The highest BCUT2D eigenvalue weighted by molar-refractivity contribution is 6.32. The molecule has 1 aromatic rings. The van der Waals surface area contributed by atoms with Crippen LogP contribution in [0.1, 0.15) is 24.0 Å². The lowest BCUT2D eigenvalue weighted by atomic mass is 9.94. The van der Waals surface area contributed by atoms with Crippen molar-refractivity contribution in [1.82, 2.24) is 0 Å². The van der Waals surface area contributed by atoms with Gasteiger partial charge in [0.2, 0.25) is 0 Å². The third-order valence-electron chi connectivity index (χ3n) is 3.41. The van der Waals surface area contributed by atoms with Crippen LogP contribution in [0.4, 0.5) is 13.2 Å². The lowest BCUT2D eigenvalue weighted by Crippen LogP contribution is -2.21. The first kappa shape index (κ1) is 13.5. The van der Waals surface area contributed by atoms with Crippen LogP contribution in [0.2, 0.25) is 5.02 Å². The fraction of sp³-hybridized carbons (Fsp3) is 0.500. The molecular formula is C12H13ClF3NO. The molecule has 1 aliphatic rings. The van der Waals surface area contributed by atoms with Gasteiger partial charge in [0.1, 0.15) is 5.75 Å². The average molecular weight is 280 g/mol. The van der Waals surface area contributed by atoms with Crippen LogP contribution >= 0.6 is 11.6 Å². The summed E-state index contributed by atoms with van der Waals surface area (Å²) in [7, 11) is 1.17. The zero-order chi connectivity index (χ0) is 13.6. The number of alkyl halides is 3. The van der Waals surface area contributed by atoms with Gasteiger partial charge in [-0.3, -0.25) is 0 Å². The Balaban J connectivity index is 2.57. The van der Waals surface area contributed by atoms with Crippen molar-refractivity contribution in [1.29, 1.82) is 0 Å². The van der Waals surface area contributed by atoms with E-state index in [1.165, 1.54) is 13.2 Å². The van der Waals surface area contributed by atoms with Crippen LogP contribution < -0.4 is 10.5 Å². The zero-order valence-electron chi connectivity index (χ0n) is 9.77.